The number of rotatable bonds is 10. The molecule has 0 saturated carbocycles. The summed E-state index contributed by atoms with van der Waals surface area (Å²) in [4.78, 5) is 5.68. The van der Waals surface area contributed by atoms with Gasteiger partial charge in [-0.3, -0.25) is 0 Å². The summed E-state index contributed by atoms with van der Waals surface area (Å²) in [6.07, 6.45) is 4.85. The average Bonchev–Trinajstić information content (AvgIpc) is 2.83. The van der Waals surface area contributed by atoms with Crippen molar-refractivity contribution in [3.63, 3.8) is 0 Å². The zero-order chi connectivity index (χ0) is 23.6. The van der Waals surface area contributed by atoms with Crippen molar-refractivity contribution in [1.82, 2.24) is 0 Å². The average molecular weight is 454 g/mol. The highest BCUT2D eigenvalue weighted by atomic mass is 16.8. The van der Waals surface area contributed by atoms with Gasteiger partial charge in [-0.2, -0.15) is 0 Å². The lowest BCUT2D eigenvalue weighted by molar-refractivity contribution is -0.308. The predicted octanol–water partition coefficient (Wildman–Crippen LogP) is 5.09. The zero-order valence-electron chi connectivity index (χ0n) is 20.1. The van der Waals surface area contributed by atoms with E-state index in [9.17, 15) is 0 Å². The third kappa shape index (κ3) is 6.98. The van der Waals surface area contributed by atoms with Crippen LogP contribution < -0.4 is 0 Å². The molecule has 6 heteroatoms. The van der Waals surface area contributed by atoms with Crippen molar-refractivity contribution in [3.8, 4) is 0 Å². The second-order valence-corrected chi connectivity index (χ2v) is 8.20. The van der Waals surface area contributed by atoms with Crippen LogP contribution >= 0.6 is 0 Å². The molecule has 1 aliphatic rings. The second kappa shape index (κ2) is 12.7. The molecule has 0 radical (unpaired) electrons. The first-order valence-electron chi connectivity index (χ1n) is 11.4. The number of hydrogen-bond donors (Lipinski definition) is 0. The van der Waals surface area contributed by atoms with Crippen molar-refractivity contribution < 1.29 is 23.8 Å². The van der Waals surface area contributed by atoms with E-state index in [1.165, 1.54) is 11.1 Å². The van der Waals surface area contributed by atoms with E-state index in [0.29, 0.717) is 6.61 Å². The molecule has 0 N–H and O–H groups in total. The summed E-state index contributed by atoms with van der Waals surface area (Å²) in [6.45, 7) is 6.69. The number of benzene rings is 2. The summed E-state index contributed by atoms with van der Waals surface area (Å²) in [5.74, 6) is 0. The number of oxime groups is 1. The van der Waals surface area contributed by atoms with Crippen LogP contribution in [0.3, 0.4) is 0 Å². The molecule has 1 heterocycles. The fourth-order valence-electron chi connectivity index (χ4n) is 3.79. The minimum Gasteiger partial charge on any atom is -0.376 e. The number of nitrogens with zero attached hydrogens (tertiary/aromatic N) is 1. The summed E-state index contributed by atoms with van der Waals surface area (Å²) < 4.78 is 23.2. The lowest BCUT2D eigenvalue weighted by atomic mass is 9.99. The van der Waals surface area contributed by atoms with Gasteiger partial charge in [-0.05, 0) is 37.0 Å². The molecule has 2 aromatic rings. The van der Waals surface area contributed by atoms with Crippen LogP contribution in [-0.4, -0.2) is 57.7 Å². The first kappa shape index (κ1) is 25.1. The molecule has 5 atom stereocenters. The summed E-state index contributed by atoms with van der Waals surface area (Å²) in [5.41, 5.74) is 4.46. The molecule has 0 unspecified atom stereocenters. The van der Waals surface area contributed by atoms with Gasteiger partial charge in [0.2, 0.25) is 0 Å². The fraction of sp³-hybridized carbons (Fsp3) is 0.444. The third-order valence-corrected chi connectivity index (χ3v) is 5.63. The summed E-state index contributed by atoms with van der Waals surface area (Å²) >= 11 is 0. The van der Waals surface area contributed by atoms with Crippen LogP contribution in [0.1, 0.15) is 42.5 Å². The minimum atomic E-state index is -0.689. The van der Waals surface area contributed by atoms with Crippen LogP contribution in [0, 0.1) is 6.92 Å². The highest BCUT2D eigenvalue weighted by Crippen LogP contribution is 2.28. The Labute approximate surface area is 197 Å². The van der Waals surface area contributed by atoms with Gasteiger partial charge in [0.1, 0.15) is 12.2 Å². The molecule has 6 nitrogen and oxygen atoms in total. The maximum Gasteiger partial charge on any atom is 0.256 e. The minimum absolute atomic E-state index is 0.219. The van der Waals surface area contributed by atoms with E-state index in [0.717, 1.165) is 17.5 Å². The van der Waals surface area contributed by atoms with Gasteiger partial charge in [-0.1, -0.05) is 78.3 Å². The lowest BCUT2D eigenvalue weighted by Gasteiger charge is -2.42. The molecule has 178 valence electrons. The molecule has 0 aromatic heterocycles. The van der Waals surface area contributed by atoms with Crippen LogP contribution in [0.4, 0.5) is 0 Å². The second-order valence-electron chi connectivity index (χ2n) is 8.20. The SMILES string of the molecule is CCCO[C@@H]1[C@@H](OC)[C@H](C)O[C@@H](O/N=C\c2ccc(/C=C/c3ccc(C)cc3)cc2)[C@@H]1OC. The Balaban J connectivity index is 1.60. The Morgan fingerprint density at radius 3 is 2.00 bits per heavy atom. The van der Waals surface area contributed by atoms with Crippen LogP contribution in [-0.2, 0) is 23.8 Å². The van der Waals surface area contributed by atoms with E-state index >= 15 is 0 Å². The summed E-state index contributed by atoms with van der Waals surface area (Å²) in [7, 11) is 3.26. The molecule has 0 bridgehead atoms. The lowest BCUT2D eigenvalue weighted by Crippen LogP contribution is -2.59. The quantitative estimate of drug-likeness (QED) is 0.285. The highest BCUT2D eigenvalue weighted by Gasteiger charge is 2.47. The first-order chi connectivity index (χ1) is 16.0. The molecule has 0 spiro atoms. The van der Waals surface area contributed by atoms with Gasteiger partial charge in [0.25, 0.3) is 6.29 Å². The molecule has 1 fully saturated rings. The Hall–Kier alpha value is -2.51. The van der Waals surface area contributed by atoms with Crippen molar-refractivity contribution in [3.05, 3.63) is 70.8 Å². The van der Waals surface area contributed by atoms with E-state index in [1.54, 1.807) is 20.4 Å². The van der Waals surface area contributed by atoms with Crippen molar-refractivity contribution in [1.29, 1.82) is 0 Å². The van der Waals surface area contributed by atoms with Crippen molar-refractivity contribution in [2.75, 3.05) is 20.8 Å². The van der Waals surface area contributed by atoms with Gasteiger partial charge >= 0.3 is 0 Å². The van der Waals surface area contributed by atoms with Gasteiger partial charge in [-0.15, -0.1) is 0 Å². The van der Waals surface area contributed by atoms with Gasteiger partial charge < -0.3 is 23.8 Å². The van der Waals surface area contributed by atoms with Crippen LogP contribution in [0.25, 0.3) is 12.2 Å². The summed E-state index contributed by atoms with van der Waals surface area (Å²) in [6, 6.07) is 16.5. The maximum absolute atomic E-state index is 6.01. The number of ether oxygens (including phenoxy) is 4. The molecule has 0 aliphatic carbocycles. The smallest absolute Gasteiger partial charge is 0.256 e. The fourth-order valence-corrected chi connectivity index (χ4v) is 3.79. The number of hydrogen-bond acceptors (Lipinski definition) is 6. The molecule has 3 rings (SSSR count). The molecule has 0 amide bonds. The highest BCUT2D eigenvalue weighted by molar-refractivity contribution is 5.80. The molecule has 1 saturated heterocycles. The van der Waals surface area contributed by atoms with Crippen molar-refractivity contribution >= 4 is 18.4 Å². The van der Waals surface area contributed by atoms with Crippen molar-refractivity contribution in [2.24, 2.45) is 5.16 Å². The topological polar surface area (TPSA) is 58.5 Å². The molecule has 2 aromatic carbocycles. The van der Waals surface area contributed by atoms with Gasteiger partial charge in [-0.25, -0.2) is 0 Å². The monoisotopic (exact) mass is 453 g/mol. The van der Waals surface area contributed by atoms with E-state index in [1.807, 2.05) is 31.2 Å². The largest absolute Gasteiger partial charge is 0.376 e. The van der Waals surface area contributed by atoms with Crippen LogP contribution in [0.15, 0.2) is 53.7 Å². The zero-order valence-corrected chi connectivity index (χ0v) is 20.1. The predicted molar refractivity (Wildman–Crippen MR) is 131 cm³/mol. The number of methoxy groups -OCH3 is 2. The van der Waals surface area contributed by atoms with Gasteiger partial charge in [0.05, 0.1) is 12.3 Å². The van der Waals surface area contributed by atoms with Gasteiger partial charge in [0, 0.05) is 20.8 Å². The molecular weight excluding hydrogens is 418 g/mol. The standard InChI is InChI=1S/C27H35NO5/c1-6-17-31-25-24(29-4)20(3)32-27(26(25)30-5)33-28-18-23-15-13-22(14-16-23)12-11-21-9-7-19(2)8-10-21/h7-16,18,20,24-27H,6,17H2,1-5H3/b12-11+,28-18-/t20-,24-,25+,26+,27-/m0/s1. The van der Waals surface area contributed by atoms with Crippen LogP contribution in [0.5, 0.6) is 0 Å². The summed E-state index contributed by atoms with van der Waals surface area (Å²) in [5, 5.41) is 4.15. The third-order valence-electron chi connectivity index (χ3n) is 5.63. The van der Waals surface area contributed by atoms with E-state index in [-0.39, 0.29) is 18.3 Å². The van der Waals surface area contributed by atoms with Crippen LogP contribution in [0.2, 0.25) is 0 Å². The maximum atomic E-state index is 6.01. The molecule has 33 heavy (non-hydrogen) atoms. The van der Waals surface area contributed by atoms with E-state index < -0.39 is 12.4 Å². The Morgan fingerprint density at radius 1 is 0.848 bits per heavy atom. The Morgan fingerprint density at radius 2 is 1.42 bits per heavy atom. The molecular formula is C27H35NO5. The first-order valence-corrected chi connectivity index (χ1v) is 11.4. The van der Waals surface area contributed by atoms with E-state index in [4.69, 9.17) is 23.8 Å². The van der Waals surface area contributed by atoms with E-state index in [2.05, 4.69) is 55.4 Å². The number of aryl methyl sites for hydroxylation is 1. The van der Waals surface area contributed by atoms with Crippen molar-refractivity contribution in [2.45, 2.75) is 57.9 Å². The van der Waals surface area contributed by atoms with Gasteiger partial charge in [0.15, 0.2) is 6.10 Å². The molecule has 1 aliphatic heterocycles. The Bertz CT molecular complexity index is 894. The Kier molecular flexibility index (Phi) is 9.63. The normalized spacial score (nSPS) is 25.7.